The third-order valence-corrected chi connectivity index (χ3v) is 3.91. The van der Waals surface area contributed by atoms with Crippen LogP contribution in [0.5, 0.6) is 0 Å². The van der Waals surface area contributed by atoms with Crippen molar-refractivity contribution in [1.29, 1.82) is 0 Å². The Morgan fingerprint density at radius 1 is 0.923 bits per heavy atom. The second kappa shape index (κ2) is 8.27. The fourth-order valence-corrected chi connectivity index (χ4v) is 2.51. The molecule has 0 atom stereocenters. The molecule has 130 valence electrons. The molecule has 0 aliphatic carbocycles. The first-order valence-corrected chi connectivity index (χ1v) is 8.34. The van der Waals surface area contributed by atoms with Crippen molar-refractivity contribution < 1.29 is 9.59 Å². The molecule has 0 fully saturated rings. The summed E-state index contributed by atoms with van der Waals surface area (Å²) in [5.74, 6) is -0.415. The first-order chi connectivity index (χ1) is 12.6. The number of nitrogens with one attached hydrogen (secondary N) is 2. The lowest BCUT2D eigenvalue weighted by Crippen LogP contribution is -2.22. The summed E-state index contributed by atoms with van der Waals surface area (Å²) in [6.07, 6.45) is 3.12. The van der Waals surface area contributed by atoms with E-state index in [9.17, 15) is 9.59 Å². The Balaban J connectivity index is 1.56. The van der Waals surface area contributed by atoms with Crippen LogP contribution in [-0.2, 0) is 6.54 Å². The van der Waals surface area contributed by atoms with Gasteiger partial charge in [0.2, 0.25) is 0 Å². The highest BCUT2D eigenvalue weighted by Gasteiger charge is 2.07. The lowest BCUT2D eigenvalue weighted by Gasteiger charge is -2.08. The number of benzene rings is 2. The van der Waals surface area contributed by atoms with E-state index >= 15 is 0 Å². The van der Waals surface area contributed by atoms with Gasteiger partial charge in [0.05, 0.1) is 5.56 Å². The van der Waals surface area contributed by atoms with E-state index in [0.717, 1.165) is 5.56 Å². The second-order valence-electron chi connectivity index (χ2n) is 5.59. The lowest BCUT2D eigenvalue weighted by atomic mass is 10.1. The van der Waals surface area contributed by atoms with Gasteiger partial charge in [0.25, 0.3) is 11.8 Å². The first kappa shape index (κ1) is 17.6. The molecule has 1 heterocycles. The Morgan fingerprint density at radius 3 is 2.38 bits per heavy atom. The van der Waals surface area contributed by atoms with Crippen molar-refractivity contribution in [2.75, 3.05) is 5.32 Å². The molecule has 0 aliphatic heterocycles. The number of aromatic nitrogens is 1. The first-order valence-electron chi connectivity index (χ1n) is 7.96. The number of hydrogen-bond donors (Lipinski definition) is 2. The number of pyridine rings is 1. The van der Waals surface area contributed by atoms with E-state index in [4.69, 9.17) is 11.6 Å². The Labute approximate surface area is 156 Å². The van der Waals surface area contributed by atoms with Crippen LogP contribution in [0.2, 0.25) is 5.02 Å². The minimum Gasteiger partial charge on any atom is -0.348 e. The molecule has 5 nitrogen and oxygen atoms in total. The second-order valence-corrected chi connectivity index (χ2v) is 6.02. The number of carbonyl (C=O) groups excluding carboxylic acids is 2. The maximum atomic E-state index is 12.1. The van der Waals surface area contributed by atoms with Crippen molar-refractivity contribution in [3.8, 4) is 0 Å². The third-order valence-electron chi connectivity index (χ3n) is 3.68. The van der Waals surface area contributed by atoms with E-state index < -0.39 is 0 Å². The molecule has 26 heavy (non-hydrogen) atoms. The van der Waals surface area contributed by atoms with Crippen molar-refractivity contribution in [2.24, 2.45) is 0 Å². The van der Waals surface area contributed by atoms with Crippen molar-refractivity contribution in [3.05, 3.63) is 94.8 Å². The zero-order valence-corrected chi connectivity index (χ0v) is 14.5. The normalized spacial score (nSPS) is 10.2. The molecule has 3 rings (SSSR count). The highest BCUT2D eigenvalue weighted by Crippen LogP contribution is 2.13. The zero-order valence-electron chi connectivity index (χ0n) is 13.8. The lowest BCUT2D eigenvalue weighted by molar-refractivity contribution is 0.0950. The molecular formula is C20H16ClN3O2. The van der Waals surface area contributed by atoms with Gasteiger partial charge in [-0.2, -0.15) is 0 Å². The molecule has 6 heteroatoms. The van der Waals surface area contributed by atoms with E-state index in [-0.39, 0.29) is 11.8 Å². The summed E-state index contributed by atoms with van der Waals surface area (Å²) >= 11 is 5.89. The highest BCUT2D eigenvalue weighted by atomic mass is 35.5. The molecule has 2 aromatic carbocycles. The van der Waals surface area contributed by atoms with Crippen LogP contribution in [0.1, 0.15) is 26.3 Å². The maximum absolute atomic E-state index is 12.1. The summed E-state index contributed by atoms with van der Waals surface area (Å²) in [4.78, 5) is 28.1. The molecule has 0 saturated carbocycles. The van der Waals surface area contributed by atoms with Gasteiger partial charge in [-0.3, -0.25) is 14.6 Å². The molecule has 0 bridgehead atoms. The third kappa shape index (κ3) is 4.68. The Bertz CT molecular complexity index is 912. The Morgan fingerprint density at radius 2 is 1.69 bits per heavy atom. The average Bonchev–Trinajstić information content (AvgIpc) is 2.68. The van der Waals surface area contributed by atoms with Crippen LogP contribution < -0.4 is 10.6 Å². The van der Waals surface area contributed by atoms with Crippen molar-refractivity contribution in [2.45, 2.75) is 6.54 Å². The summed E-state index contributed by atoms with van der Waals surface area (Å²) in [5, 5.41) is 6.16. The van der Waals surface area contributed by atoms with E-state index in [1.165, 1.54) is 6.20 Å². The van der Waals surface area contributed by atoms with Gasteiger partial charge in [0.15, 0.2) is 0 Å². The zero-order chi connectivity index (χ0) is 18.4. The van der Waals surface area contributed by atoms with Crippen molar-refractivity contribution in [3.63, 3.8) is 0 Å². The Hall–Kier alpha value is -3.18. The fourth-order valence-electron chi connectivity index (χ4n) is 2.32. The molecule has 3 aromatic rings. The summed E-state index contributed by atoms with van der Waals surface area (Å²) < 4.78 is 0. The summed E-state index contributed by atoms with van der Waals surface area (Å²) in [7, 11) is 0. The number of anilines is 1. The van der Waals surface area contributed by atoms with Crippen LogP contribution in [0.15, 0.2) is 73.1 Å². The number of amides is 2. The number of rotatable bonds is 5. The summed E-state index contributed by atoms with van der Waals surface area (Å²) in [5.41, 5.74) is 2.59. The smallest absolute Gasteiger partial charge is 0.257 e. The number of carbonyl (C=O) groups is 2. The number of hydrogen-bond acceptors (Lipinski definition) is 3. The van der Waals surface area contributed by atoms with Gasteiger partial charge < -0.3 is 10.6 Å². The Kier molecular flexibility index (Phi) is 5.61. The van der Waals surface area contributed by atoms with Crippen LogP contribution in [0.25, 0.3) is 0 Å². The van der Waals surface area contributed by atoms with E-state index in [1.54, 1.807) is 54.7 Å². The summed E-state index contributed by atoms with van der Waals surface area (Å²) in [6, 6.07) is 17.4. The maximum Gasteiger partial charge on any atom is 0.257 e. The minimum atomic E-state index is -0.222. The van der Waals surface area contributed by atoms with Gasteiger partial charge in [-0.05, 0) is 48.0 Å². The topological polar surface area (TPSA) is 71.1 Å². The van der Waals surface area contributed by atoms with Gasteiger partial charge in [-0.1, -0.05) is 29.8 Å². The molecule has 0 aliphatic rings. The van der Waals surface area contributed by atoms with Gasteiger partial charge >= 0.3 is 0 Å². The van der Waals surface area contributed by atoms with Gasteiger partial charge in [-0.15, -0.1) is 0 Å². The van der Waals surface area contributed by atoms with Crippen LogP contribution in [0.4, 0.5) is 5.69 Å². The SMILES string of the molecule is O=C(NCc1ccc(NC(=O)c2cccnc2)cc1)c1cccc(Cl)c1. The number of halogens is 1. The molecule has 0 saturated heterocycles. The summed E-state index contributed by atoms with van der Waals surface area (Å²) in [6.45, 7) is 0.377. The standard InChI is InChI=1S/C20H16ClN3O2/c21-17-5-1-3-15(11-17)19(25)23-12-14-6-8-18(9-7-14)24-20(26)16-4-2-10-22-13-16/h1-11,13H,12H2,(H,23,25)(H,24,26). The minimum absolute atomic E-state index is 0.193. The predicted octanol–water partition coefficient (Wildman–Crippen LogP) is 3.92. The fraction of sp³-hybridized carbons (Fsp3) is 0.0500. The highest BCUT2D eigenvalue weighted by molar-refractivity contribution is 6.30. The molecule has 0 spiro atoms. The molecule has 2 N–H and O–H groups in total. The van der Waals surface area contributed by atoms with Crippen LogP contribution in [0.3, 0.4) is 0 Å². The monoisotopic (exact) mass is 365 g/mol. The van der Waals surface area contributed by atoms with Gasteiger partial charge in [-0.25, -0.2) is 0 Å². The van der Waals surface area contributed by atoms with Crippen LogP contribution >= 0.6 is 11.6 Å². The van der Waals surface area contributed by atoms with Crippen molar-refractivity contribution in [1.82, 2.24) is 10.3 Å². The van der Waals surface area contributed by atoms with Crippen LogP contribution in [-0.4, -0.2) is 16.8 Å². The molecule has 1 aromatic heterocycles. The molecular weight excluding hydrogens is 350 g/mol. The van der Waals surface area contributed by atoms with Crippen LogP contribution in [0, 0.1) is 0 Å². The molecule has 0 radical (unpaired) electrons. The predicted molar refractivity (Wildman–Crippen MR) is 101 cm³/mol. The largest absolute Gasteiger partial charge is 0.348 e. The number of nitrogens with zero attached hydrogens (tertiary/aromatic N) is 1. The average molecular weight is 366 g/mol. The van der Waals surface area contributed by atoms with Gasteiger partial charge in [0, 0.05) is 35.2 Å². The van der Waals surface area contributed by atoms with Gasteiger partial charge in [0.1, 0.15) is 0 Å². The molecule has 0 unspecified atom stereocenters. The van der Waals surface area contributed by atoms with E-state index in [2.05, 4.69) is 15.6 Å². The quantitative estimate of drug-likeness (QED) is 0.720. The molecule has 2 amide bonds. The van der Waals surface area contributed by atoms with E-state index in [0.29, 0.717) is 28.4 Å². The van der Waals surface area contributed by atoms with E-state index in [1.807, 2.05) is 12.1 Å². The van der Waals surface area contributed by atoms with Crippen molar-refractivity contribution >= 4 is 29.1 Å².